The molecule has 0 aliphatic carbocycles. The van der Waals surface area contributed by atoms with Crippen LogP contribution in [-0.2, 0) is 6.42 Å². The smallest absolute Gasteiger partial charge is 0.122 e. The minimum absolute atomic E-state index is 0.0694. The highest BCUT2D eigenvalue weighted by Gasteiger charge is 2.13. The third-order valence-electron chi connectivity index (χ3n) is 2.92. The number of benzene rings is 1. The first-order chi connectivity index (χ1) is 8.74. The van der Waals surface area contributed by atoms with E-state index in [1.54, 1.807) is 18.4 Å². The summed E-state index contributed by atoms with van der Waals surface area (Å²) in [5.74, 6) is 6.53. The van der Waals surface area contributed by atoms with Gasteiger partial charge >= 0.3 is 0 Å². The van der Waals surface area contributed by atoms with Crippen LogP contribution in [0.25, 0.3) is 0 Å². The van der Waals surface area contributed by atoms with Gasteiger partial charge in [0.15, 0.2) is 0 Å². The van der Waals surface area contributed by atoms with E-state index in [9.17, 15) is 0 Å². The average molecular weight is 263 g/mol. The molecule has 0 fully saturated rings. The van der Waals surface area contributed by atoms with E-state index in [-0.39, 0.29) is 6.04 Å². The van der Waals surface area contributed by atoms with Gasteiger partial charge in [0.05, 0.1) is 18.7 Å². The summed E-state index contributed by atoms with van der Waals surface area (Å²) in [6, 6.07) is 6.22. The van der Waals surface area contributed by atoms with E-state index in [0.29, 0.717) is 0 Å². The second kappa shape index (κ2) is 5.95. The van der Waals surface area contributed by atoms with Crippen LogP contribution in [0.3, 0.4) is 0 Å². The van der Waals surface area contributed by atoms with Gasteiger partial charge in [-0.3, -0.25) is 16.3 Å². The maximum atomic E-state index is 5.64. The molecule has 0 spiro atoms. The zero-order valence-electron chi connectivity index (χ0n) is 10.5. The molecule has 3 N–H and O–H groups in total. The van der Waals surface area contributed by atoms with Gasteiger partial charge in [-0.2, -0.15) is 0 Å². The average Bonchev–Trinajstić information content (AvgIpc) is 2.89. The van der Waals surface area contributed by atoms with Crippen LogP contribution in [0.15, 0.2) is 29.9 Å². The van der Waals surface area contributed by atoms with Gasteiger partial charge in [0.25, 0.3) is 0 Å². The molecule has 0 saturated carbocycles. The van der Waals surface area contributed by atoms with Crippen LogP contribution >= 0.6 is 11.3 Å². The van der Waals surface area contributed by atoms with Crippen LogP contribution in [0.4, 0.5) is 0 Å². The fraction of sp³-hybridized carbons (Fsp3) is 0.308. The first kappa shape index (κ1) is 13.0. The molecule has 18 heavy (non-hydrogen) atoms. The number of nitrogens with zero attached hydrogens (tertiary/aromatic N) is 1. The molecule has 2 rings (SSSR count). The lowest BCUT2D eigenvalue weighted by molar-refractivity contribution is 0.410. The molecule has 2 aromatic rings. The summed E-state index contributed by atoms with van der Waals surface area (Å²) in [6.45, 7) is 2.02. The van der Waals surface area contributed by atoms with E-state index in [4.69, 9.17) is 10.6 Å². The molecule has 0 amide bonds. The van der Waals surface area contributed by atoms with E-state index < -0.39 is 0 Å². The molecule has 1 aromatic heterocycles. The van der Waals surface area contributed by atoms with Crippen molar-refractivity contribution in [1.29, 1.82) is 0 Å². The van der Waals surface area contributed by atoms with Gasteiger partial charge in [-0.25, -0.2) is 0 Å². The highest BCUT2D eigenvalue weighted by atomic mass is 32.1. The third kappa shape index (κ3) is 2.87. The maximum Gasteiger partial charge on any atom is 0.122 e. The normalized spacial score (nSPS) is 12.4. The van der Waals surface area contributed by atoms with Crippen molar-refractivity contribution in [3.05, 3.63) is 45.9 Å². The van der Waals surface area contributed by atoms with Crippen LogP contribution in [0.1, 0.15) is 22.0 Å². The van der Waals surface area contributed by atoms with Crippen molar-refractivity contribution < 1.29 is 4.74 Å². The zero-order valence-corrected chi connectivity index (χ0v) is 11.3. The monoisotopic (exact) mass is 263 g/mol. The quantitative estimate of drug-likeness (QED) is 0.641. The maximum absolute atomic E-state index is 5.64. The lowest BCUT2D eigenvalue weighted by atomic mass is 10.0. The van der Waals surface area contributed by atoms with Crippen molar-refractivity contribution in [3.8, 4) is 5.75 Å². The Bertz CT molecular complexity index is 499. The molecule has 0 saturated heterocycles. The predicted molar refractivity (Wildman–Crippen MR) is 73.6 cm³/mol. The molecular formula is C13H17N3OS. The Morgan fingerprint density at radius 3 is 2.94 bits per heavy atom. The summed E-state index contributed by atoms with van der Waals surface area (Å²) >= 11 is 1.64. The van der Waals surface area contributed by atoms with Crippen molar-refractivity contribution in [1.82, 2.24) is 10.4 Å². The fourth-order valence-corrected chi connectivity index (χ4v) is 2.51. The fourth-order valence-electron chi connectivity index (χ4n) is 1.87. The van der Waals surface area contributed by atoms with Crippen LogP contribution < -0.4 is 16.0 Å². The number of hydrogen-bond acceptors (Lipinski definition) is 5. The van der Waals surface area contributed by atoms with Gasteiger partial charge in [0.2, 0.25) is 0 Å². The van der Waals surface area contributed by atoms with Gasteiger partial charge in [-0.1, -0.05) is 12.1 Å². The van der Waals surface area contributed by atoms with E-state index in [1.165, 1.54) is 4.88 Å². The molecule has 0 bridgehead atoms. The number of hydrazine groups is 1. The van der Waals surface area contributed by atoms with Crippen molar-refractivity contribution in [2.45, 2.75) is 19.4 Å². The Hall–Kier alpha value is -1.43. The summed E-state index contributed by atoms with van der Waals surface area (Å²) in [5.41, 5.74) is 6.92. The molecule has 0 aliphatic rings. The molecule has 5 heteroatoms. The van der Waals surface area contributed by atoms with Crippen molar-refractivity contribution in [2.24, 2.45) is 5.84 Å². The van der Waals surface area contributed by atoms with Crippen molar-refractivity contribution in [3.63, 3.8) is 0 Å². The van der Waals surface area contributed by atoms with Gasteiger partial charge in [-0.15, -0.1) is 11.3 Å². The second-order valence-electron chi connectivity index (χ2n) is 4.12. The Morgan fingerprint density at radius 2 is 2.33 bits per heavy atom. The topological polar surface area (TPSA) is 60.2 Å². The number of rotatable bonds is 5. The van der Waals surface area contributed by atoms with E-state index in [1.807, 2.05) is 30.8 Å². The molecular weight excluding hydrogens is 246 g/mol. The van der Waals surface area contributed by atoms with Crippen LogP contribution in [0, 0.1) is 6.92 Å². The van der Waals surface area contributed by atoms with Crippen molar-refractivity contribution >= 4 is 11.3 Å². The predicted octanol–water partition coefficient (Wildman–Crippen LogP) is 2.21. The van der Waals surface area contributed by atoms with Crippen LogP contribution in [0.2, 0.25) is 0 Å². The Labute approximate surface area is 111 Å². The standard InChI is InChI=1S/C13H17N3OS/c1-9-3-4-10(5-13(9)17-2)12(16-14)6-11-7-15-8-18-11/h3-5,7-8,12,16H,6,14H2,1-2H3. The first-order valence-corrected chi connectivity index (χ1v) is 6.60. The van der Waals surface area contributed by atoms with Gasteiger partial charge in [-0.05, 0) is 24.1 Å². The number of hydrogen-bond donors (Lipinski definition) is 2. The lowest BCUT2D eigenvalue weighted by Crippen LogP contribution is -2.29. The number of aromatic nitrogens is 1. The highest BCUT2D eigenvalue weighted by molar-refractivity contribution is 7.09. The molecule has 1 unspecified atom stereocenters. The lowest BCUT2D eigenvalue weighted by Gasteiger charge is -2.17. The molecule has 96 valence electrons. The van der Waals surface area contributed by atoms with Gasteiger partial charge < -0.3 is 4.74 Å². The van der Waals surface area contributed by atoms with E-state index in [0.717, 1.165) is 23.3 Å². The van der Waals surface area contributed by atoms with Gasteiger partial charge in [0, 0.05) is 17.5 Å². The highest BCUT2D eigenvalue weighted by Crippen LogP contribution is 2.25. The zero-order chi connectivity index (χ0) is 13.0. The summed E-state index contributed by atoms with van der Waals surface area (Å²) in [7, 11) is 1.68. The van der Waals surface area contributed by atoms with Gasteiger partial charge in [0.1, 0.15) is 5.75 Å². The van der Waals surface area contributed by atoms with Crippen LogP contribution in [-0.4, -0.2) is 12.1 Å². The summed E-state index contributed by atoms with van der Waals surface area (Å²) in [6.07, 6.45) is 2.70. The SMILES string of the molecule is COc1cc(C(Cc2cncs2)NN)ccc1C. The summed E-state index contributed by atoms with van der Waals surface area (Å²) in [5, 5.41) is 0. The molecule has 0 radical (unpaired) electrons. The molecule has 4 nitrogen and oxygen atoms in total. The number of nitrogens with two attached hydrogens (primary N) is 1. The summed E-state index contributed by atoms with van der Waals surface area (Å²) in [4.78, 5) is 5.28. The Kier molecular flexibility index (Phi) is 4.30. The first-order valence-electron chi connectivity index (χ1n) is 5.72. The summed E-state index contributed by atoms with van der Waals surface area (Å²) < 4.78 is 5.34. The second-order valence-corrected chi connectivity index (χ2v) is 5.09. The molecule has 1 aromatic carbocycles. The van der Waals surface area contributed by atoms with Crippen LogP contribution in [0.5, 0.6) is 5.75 Å². The van der Waals surface area contributed by atoms with E-state index in [2.05, 4.69) is 16.5 Å². The van der Waals surface area contributed by atoms with Crippen molar-refractivity contribution in [2.75, 3.05) is 7.11 Å². The molecule has 0 aliphatic heterocycles. The number of aryl methyl sites for hydroxylation is 1. The number of methoxy groups -OCH3 is 1. The molecule has 1 heterocycles. The Balaban J connectivity index is 2.21. The van der Waals surface area contributed by atoms with E-state index >= 15 is 0 Å². The molecule has 1 atom stereocenters. The Morgan fingerprint density at radius 1 is 1.50 bits per heavy atom. The minimum Gasteiger partial charge on any atom is -0.496 e. The largest absolute Gasteiger partial charge is 0.496 e. The number of thiazole rings is 1. The number of nitrogens with one attached hydrogen (secondary N) is 1. The number of ether oxygens (including phenoxy) is 1. The third-order valence-corrected chi connectivity index (χ3v) is 3.73. The minimum atomic E-state index is 0.0694.